The van der Waals surface area contributed by atoms with Crippen LogP contribution in [0, 0.1) is 0 Å². The molecular formula is C11H13Br. The number of benzene rings is 1. The molecule has 2 rings (SSSR count). The third kappa shape index (κ3) is 0.957. The van der Waals surface area contributed by atoms with Gasteiger partial charge in [-0.2, -0.15) is 0 Å². The minimum atomic E-state index is 0.457. The van der Waals surface area contributed by atoms with E-state index in [1.54, 1.807) is 5.56 Å². The quantitative estimate of drug-likeness (QED) is 0.684. The zero-order valence-electron chi connectivity index (χ0n) is 7.52. The summed E-state index contributed by atoms with van der Waals surface area (Å²) in [7, 11) is 0. The largest absolute Gasteiger partial charge is 0.0645 e. The van der Waals surface area contributed by atoms with Gasteiger partial charge >= 0.3 is 0 Å². The summed E-state index contributed by atoms with van der Waals surface area (Å²) in [5.41, 5.74) is 3.51. The van der Waals surface area contributed by atoms with Gasteiger partial charge in [-0.15, -0.1) is 0 Å². The van der Waals surface area contributed by atoms with Crippen molar-refractivity contribution in [3.63, 3.8) is 0 Å². The Morgan fingerprint density at radius 1 is 1.50 bits per heavy atom. The minimum Gasteiger partial charge on any atom is -0.0645 e. The molecule has 0 unspecified atom stereocenters. The van der Waals surface area contributed by atoms with Gasteiger partial charge < -0.3 is 0 Å². The Kier molecular flexibility index (Phi) is 1.80. The van der Waals surface area contributed by atoms with Crippen molar-refractivity contribution in [2.24, 2.45) is 0 Å². The predicted molar refractivity (Wildman–Crippen MR) is 55.5 cm³/mol. The Labute approximate surface area is 82.1 Å². The van der Waals surface area contributed by atoms with Gasteiger partial charge in [0.25, 0.3) is 0 Å². The maximum absolute atomic E-state index is 3.58. The monoisotopic (exact) mass is 224 g/mol. The van der Waals surface area contributed by atoms with E-state index in [1.165, 1.54) is 22.9 Å². The van der Waals surface area contributed by atoms with Crippen LogP contribution in [0.5, 0.6) is 0 Å². The van der Waals surface area contributed by atoms with Gasteiger partial charge in [0.05, 0.1) is 0 Å². The Balaban J connectivity index is 2.48. The first kappa shape index (κ1) is 8.31. The van der Waals surface area contributed by atoms with E-state index in [9.17, 15) is 0 Å². The van der Waals surface area contributed by atoms with Gasteiger partial charge in [0.2, 0.25) is 0 Å². The van der Waals surface area contributed by atoms with Crippen LogP contribution in [0.25, 0.3) is 0 Å². The summed E-state index contributed by atoms with van der Waals surface area (Å²) in [6.07, 6.45) is 2.48. The first-order valence-corrected chi connectivity index (χ1v) is 5.24. The predicted octanol–water partition coefficient (Wildman–Crippen LogP) is 3.67. The lowest BCUT2D eigenvalue weighted by Crippen LogP contribution is -2.35. The minimum absolute atomic E-state index is 0.457. The molecule has 0 radical (unpaired) electrons. The Morgan fingerprint density at radius 2 is 2.25 bits per heavy atom. The molecular weight excluding hydrogens is 212 g/mol. The number of hydrogen-bond acceptors (Lipinski definition) is 0. The molecule has 0 fully saturated rings. The van der Waals surface area contributed by atoms with Crippen LogP contribution < -0.4 is 0 Å². The molecule has 1 aromatic rings. The molecule has 0 amide bonds. The first-order valence-electron chi connectivity index (χ1n) is 4.45. The van der Waals surface area contributed by atoms with Crippen molar-refractivity contribution in [2.75, 3.05) is 0 Å². The summed E-state index contributed by atoms with van der Waals surface area (Å²) < 4.78 is 1.28. The third-order valence-corrected chi connectivity index (χ3v) is 3.86. The maximum atomic E-state index is 3.58. The smallest absolute Gasteiger partial charge is 0.0210 e. The summed E-state index contributed by atoms with van der Waals surface area (Å²) >= 11 is 3.58. The second kappa shape index (κ2) is 2.59. The van der Waals surface area contributed by atoms with E-state index in [4.69, 9.17) is 0 Å². The Hall–Kier alpha value is -0.300. The van der Waals surface area contributed by atoms with Crippen molar-refractivity contribution >= 4 is 15.9 Å². The fourth-order valence-corrected chi connectivity index (χ4v) is 2.50. The molecule has 0 nitrogen and oxygen atoms in total. The van der Waals surface area contributed by atoms with E-state index < -0.39 is 0 Å². The van der Waals surface area contributed by atoms with Crippen LogP contribution in [0.15, 0.2) is 22.7 Å². The van der Waals surface area contributed by atoms with Gasteiger partial charge in [-0.1, -0.05) is 41.9 Å². The molecule has 0 spiro atoms. The van der Waals surface area contributed by atoms with E-state index in [1.807, 2.05) is 0 Å². The highest BCUT2D eigenvalue weighted by Gasteiger charge is 2.37. The zero-order chi connectivity index (χ0) is 8.77. The van der Waals surface area contributed by atoms with Crippen molar-refractivity contribution in [1.29, 1.82) is 0 Å². The van der Waals surface area contributed by atoms with Crippen LogP contribution in [0.3, 0.4) is 0 Å². The molecule has 0 aromatic heterocycles. The van der Waals surface area contributed by atoms with E-state index in [0.717, 1.165) is 0 Å². The number of rotatable bonds is 1. The summed E-state index contributed by atoms with van der Waals surface area (Å²) in [6, 6.07) is 6.52. The molecule has 64 valence electrons. The molecule has 0 bridgehead atoms. The molecule has 0 heterocycles. The number of fused-ring (bicyclic) bond motifs is 1. The highest BCUT2D eigenvalue weighted by Crippen LogP contribution is 2.46. The van der Waals surface area contributed by atoms with Gasteiger partial charge in [-0.05, 0) is 35.4 Å². The fraction of sp³-hybridized carbons (Fsp3) is 0.455. The van der Waals surface area contributed by atoms with Crippen molar-refractivity contribution in [3.8, 4) is 0 Å². The highest BCUT2D eigenvalue weighted by molar-refractivity contribution is 9.10. The van der Waals surface area contributed by atoms with Gasteiger partial charge in [-0.3, -0.25) is 0 Å². The second-order valence-electron chi connectivity index (χ2n) is 3.86. The zero-order valence-corrected chi connectivity index (χ0v) is 9.11. The molecule has 1 aliphatic rings. The maximum Gasteiger partial charge on any atom is 0.0210 e. The van der Waals surface area contributed by atoms with E-state index in [2.05, 4.69) is 48.0 Å². The van der Waals surface area contributed by atoms with Crippen molar-refractivity contribution in [2.45, 2.75) is 32.1 Å². The van der Waals surface area contributed by atoms with Crippen LogP contribution in [0.4, 0.5) is 0 Å². The second-order valence-corrected chi connectivity index (χ2v) is 4.71. The fourth-order valence-electron chi connectivity index (χ4n) is 2.00. The van der Waals surface area contributed by atoms with Gasteiger partial charge in [-0.25, -0.2) is 0 Å². The van der Waals surface area contributed by atoms with Crippen molar-refractivity contribution < 1.29 is 0 Å². The summed E-state index contributed by atoms with van der Waals surface area (Å²) in [5.74, 6) is 0. The lowest BCUT2D eigenvalue weighted by Gasteiger charge is -2.41. The highest BCUT2D eigenvalue weighted by atomic mass is 79.9. The summed E-state index contributed by atoms with van der Waals surface area (Å²) in [6.45, 7) is 4.62. The molecule has 0 saturated heterocycles. The normalized spacial score (nSPS) is 26.2. The molecule has 0 N–H and O–H groups in total. The van der Waals surface area contributed by atoms with Crippen LogP contribution in [0.2, 0.25) is 0 Å². The average Bonchev–Trinajstić information content (AvgIpc) is 2.06. The molecule has 1 aliphatic carbocycles. The van der Waals surface area contributed by atoms with Crippen LogP contribution in [0.1, 0.15) is 31.4 Å². The lowest BCUT2D eigenvalue weighted by molar-refractivity contribution is 0.393. The number of halogens is 1. The molecule has 1 aromatic carbocycles. The number of hydrogen-bond donors (Lipinski definition) is 0. The van der Waals surface area contributed by atoms with Gasteiger partial charge in [0, 0.05) is 4.47 Å². The van der Waals surface area contributed by atoms with E-state index in [-0.39, 0.29) is 0 Å². The standard InChI is InChI=1S/C11H13Br/c1-3-11(2)7-8-9(11)5-4-6-10(8)12/h4-6H,3,7H2,1-2H3/t11-/m0/s1. The molecule has 1 heteroatoms. The molecule has 1 atom stereocenters. The van der Waals surface area contributed by atoms with E-state index in [0.29, 0.717) is 5.41 Å². The Bertz CT molecular complexity index is 317. The van der Waals surface area contributed by atoms with Gasteiger partial charge in [0.1, 0.15) is 0 Å². The van der Waals surface area contributed by atoms with Crippen molar-refractivity contribution in [3.05, 3.63) is 33.8 Å². The van der Waals surface area contributed by atoms with Gasteiger partial charge in [0.15, 0.2) is 0 Å². The molecule has 12 heavy (non-hydrogen) atoms. The first-order chi connectivity index (χ1) is 5.67. The SMILES string of the molecule is CC[C@@]1(C)Cc2c(Br)cccc21. The van der Waals surface area contributed by atoms with Crippen molar-refractivity contribution in [1.82, 2.24) is 0 Å². The lowest BCUT2D eigenvalue weighted by atomic mass is 9.64. The van der Waals surface area contributed by atoms with Crippen LogP contribution in [-0.2, 0) is 11.8 Å². The molecule has 0 aliphatic heterocycles. The Morgan fingerprint density at radius 3 is 2.92 bits per heavy atom. The third-order valence-electron chi connectivity index (χ3n) is 3.12. The van der Waals surface area contributed by atoms with Crippen LogP contribution in [-0.4, -0.2) is 0 Å². The molecule has 0 saturated carbocycles. The summed E-state index contributed by atoms with van der Waals surface area (Å²) in [4.78, 5) is 0. The van der Waals surface area contributed by atoms with E-state index >= 15 is 0 Å². The summed E-state index contributed by atoms with van der Waals surface area (Å²) in [5, 5.41) is 0. The van der Waals surface area contributed by atoms with Crippen LogP contribution >= 0.6 is 15.9 Å². The average molecular weight is 225 g/mol. The topological polar surface area (TPSA) is 0 Å².